The lowest BCUT2D eigenvalue weighted by Gasteiger charge is -2.33. The number of nitriles is 1. The minimum absolute atomic E-state index is 0.0468. The molecule has 1 saturated heterocycles. The van der Waals surface area contributed by atoms with E-state index in [1.165, 1.54) is 6.07 Å². The first kappa shape index (κ1) is 17.6. The third kappa shape index (κ3) is 3.20. The van der Waals surface area contributed by atoms with Crippen molar-refractivity contribution in [2.24, 2.45) is 5.92 Å². The van der Waals surface area contributed by atoms with Gasteiger partial charge in [-0.05, 0) is 43.7 Å². The highest BCUT2D eigenvalue weighted by molar-refractivity contribution is 5.96. The molecule has 3 N–H and O–H groups in total. The van der Waals surface area contributed by atoms with E-state index >= 15 is 0 Å². The summed E-state index contributed by atoms with van der Waals surface area (Å²) in [7, 11) is 0. The Hall–Kier alpha value is -2.76. The summed E-state index contributed by atoms with van der Waals surface area (Å²) in [4.78, 5) is 12.7. The van der Waals surface area contributed by atoms with Gasteiger partial charge in [-0.25, -0.2) is 9.82 Å². The minimum Gasteiger partial charge on any atom is -0.364 e. The average molecular weight is 369 g/mol. The summed E-state index contributed by atoms with van der Waals surface area (Å²) < 4.78 is 19.4. The maximum Gasteiger partial charge on any atom is 0.254 e. The Morgan fingerprint density at radius 1 is 1.41 bits per heavy atom. The maximum atomic E-state index is 14.5. The van der Waals surface area contributed by atoms with Crippen LogP contribution in [0.5, 0.6) is 0 Å². The predicted molar refractivity (Wildman–Crippen MR) is 93.8 cm³/mol. The summed E-state index contributed by atoms with van der Waals surface area (Å²) in [6, 6.07) is 5.08. The van der Waals surface area contributed by atoms with Crippen molar-refractivity contribution in [1.82, 2.24) is 21.3 Å². The number of hydrazine groups is 1. The molecule has 140 valence electrons. The summed E-state index contributed by atoms with van der Waals surface area (Å²) in [5.41, 5.74) is 7.90. The third-order valence-electron chi connectivity index (χ3n) is 5.60. The molecule has 2 heterocycles. The second-order valence-corrected chi connectivity index (χ2v) is 7.21. The van der Waals surface area contributed by atoms with Crippen molar-refractivity contribution in [1.29, 1.82) is 5.26 Å². The lowest BCUT2D eigenvalue weighted by atomic mass is 9.77. The fraction of sp³-hybridized carbons (Fsp3) is 0.421. The van der Waals surface area contributed by atoms with Crippen molar-refractivity contribution in [3.63, 3.8) is 0 Å². The first-order valence-corrected chi connectivity index (χ1v) is 8.99. The van der Waals surface area contributed by atoms with Crippen LogP contribution >= 0.6 is 0 Å². The van der Waals surface area contributed by atoms with Gasteiger partial charge in [-0.2, -0.15) is 5.26 Å². The van der Waals surface area contributed by atoms with Gasteiger partial charge in [0.2, 0.25) is 0 Å². The zero-order valence-electron chi connectivity index (χ0n) is 14.8. The number of carbonyl (C=O) groups excluding carboxylic acids is 1. The number of carbonyl (C=O) groups is 1. The number of rotatable bonds is 3. The Balaban J connectivity index is 1.49. The largest absolute Gasteiger partial charge is 0.364 e. The Kier molecular flexibility index (Phi) is 4.64. The second-order valence-electron chi connectivity index (χ2n) is 7.21. The summed E-state index contributed by atoms with van der Waals surface area (Å²) in [5, 5.41) is 15.7. The van der Waals surface area contributed by atoms with Crippen molar-refractivity contribution >= 4 is 5.91 Å². The number of nitrogens with one attached hydrogen (secondary N) is 3. The third-order valence-corrected chi connectivity index (χ3v) is 5.60. The number of aromatic nitrogens is 1. The van der Waals surface area contributed by atoms with Crippen LogP contribution in [0.1, 0.15) is 52.4 Å². The summed E-state index contributed by atoms with van der Waals surface area (Å²) in [6.45, 7) is 1.67. The standard InChI is InChI=1S/C19H20FN5O2/c1-10-2-3-11(7-21)17(20)16(10)19(26)23-13-4-5-15-14(6-13)18(25-24-15)12-8-22-27-9-12/h2-3,8-9,13-15,18,24-25H,4-6H2,1H3,(H,23,26). The molecule has 27 heavy (non-hydrogen) atoms. The topological polar surface area (TPSA) is 103 Å². The molecule has 1 aliphatic carbocycles. The molecule has 7 nitrogen and oxygen atoms in total. The number of amides is 1. The number of hydrogen-bond donors (Lipinski definition) is 3. The molecule has 8 heteroatoms. The fourth-order valence-electron chi connectivity index (χ4n) is 4.18. The first-order valence-electron chi connectivity index (χ1n) is 8.99. The van der Waals surface area contributed by atoms with Crippen LogP contribution in [0, 0.1) is 30.0 Å². The lowest BCUT2D eigenvalue weighted by molar-refractivity contribution is 0.0910. The smallest absolute Gasteiger partial charge is 0.254 e. The van der Waals surface area contributed by atoms with E-state index in [0.29, 0.717) is 11.6 Å². The van der Waals surface area contributed by atoms with Crippen molar-refractivity contribution in [3.8, 4) is 6.07 Å². The predicted octanol–water partition coefficient (Wildman–Crippen LogP) is 2.11. The SMILES string of the molecule is Cc1ccc(C#N)c(F)c1C(=O)NC1CCC2NNC(c3cnoc3)C2C1. The molecule has 2 fully saturated rings. The van der Waals surface area contributed by atoms with Gasteiger partial charge in [0.25, 0.3) is 5.91 Å². The zero-order valence-corrected chi connectivity index (χ0v) is 14.8. The lowest BCUT2D eigenvalue weighted by Crippen LogP contribution is -2.44. The van der Waals surface area contributed by atoms with Crippen molar-refractivity contribution in [3.05, 3.63) is 52.7 Å². The molecule has 2 aliphatic rings. The highest BCUT2D eigenvalue weighted by Crippen LogP contribution is 2.38. The average Bonchev–Trinajstić information content (AvgIpc) is 3.31. The maximum absolute atomic E-state index is 14.5. The molecule has 1 aromatic heterocycles. The van der Waals surface area contributed by atoms with Gasteiger partial charge in [0.1, 0.15) is 12.3 Å². The Bertz CT molecular complexity index is 892. The Morgan fingerprint density at radius 2 is 2.26 bits per heavy atom. The van der Waals surface area contributed by atoms with E-state index in [9.17, 15) is 9.18 Å². The van der Waals surface area contributed by atoms with Crippen LogP contribution < -0.4 is 16.2 Å². The number of halogens is 1. The van der Waals surface area contributed by atoms with Crippen LogP contribution in [0.15, 0.2) is 29.1 Å². The van der Waals surface area contributed by atoms with E-state index in [0.717, 1.165) is 24.8 Å². The van der Waals surface area contributed by atoms with E-state index in [1.807, 2.05) is 0 Å². The van der Waals surface area contributed by atoms with Crippen LogP contribution in [-0.2, 0) is 0 Å². The van der Waals surface area contributed by atoms with Gasteiger partial charge in [-0.3, -0.25) is 10.2 Å². The highest BCUT2D eigenvalue weighted by atomic mass is 19.1. The summed E-state index contributed by atoms with van der Waals surface area (Å²) >= 11 is 0. The van der Waals surface area contributed by atoms with Crippen molar-refractivity contribution in [2.75, 3.05) is 0 Å². The van der Waals surface area contributed by atoms with Gasteiger partial charge >= 0.3 is 0 Å². The molecule has 0 radical (unpaired) electrons. The first-order chi connectivity index (χ1) is 13.1. The van der Waals surface area contributed by atoms with Crippen LogP contribution in [0.3, 0.4) is 0 Å². The molecular weight excluding hydrogens is 349 g/mol. The van der Waals surface area contributed by atoms with E-state index in [2.05, 4.69) is 21.3 Å². The van der Waals surface area contributed by atoms with Gasteiger partial charge < -0.3 is 9.84 Å². The number of benzene rings is 1. The van der Waals surface area contributed by atoms with E-state index in [-0.39, 0.29) is 29.1 Å². The molecule has 1 saturated carbocycles. The van der Waals surface area contributed by atoms with Gasteiger partial charge in [-0.15, -0.1) is 0 Å². The van der Waals surface area contributed by atoms with E-state index in [1.54, 1.807) is 31.5 Å². The normalized spacial score (nSPS) is 27.0. The quantitative estimate of drug-likeness (QED) is 0.766. The Labute approximate surface area is 155 Å². The van der Waals surface area contributed by atoms with Gasteiger partial charge in [0, 0.05) is 17.6 Å². The molecule has 1 aromatic carbocycles. The summed E-state index contributed by atoms with van der Waals surface area (Å²) in [5.74, 6) is -0.957. The van der Waals surface area contributed by atoms with Crippen LogP contribution in [0.2, 0.25) is 0 Å². The minimum atomic E-state index is -0.754. The molecule has 1 amide bonds. The zero-order chi connectivity index (χ0) is 19.0. The molecular formula is C19H20FN5O2. The molecule has 4 rings (SSSR count). The van der Waals surface area contributed by atoms with Crippen LogP contribution in [-0.4, -0.2) is 23.1 Å². The number of hydrogen-bond acceptors (Lipinski definition) is 6. The number of nitrogens with zero attached hydrogens (tertiary/aromatic N) is 2. The van der Waals surface area contributed by atoms with Crippen molar-refractivity contribution < 1.29 is 13.7 Å². The Morgan fingerprint density at radius 3 is 3.00 bits per heavy atom. The van der Waals surface area contributed by atoms with E-state index < -0.39 is 11.7 Å². The molecule has 4 unspecified atom stereocenters. The molecule has 2 aromatic rings. The van der Waals surface area contributed by atoms with Crippen LogP contribution in [0.25, 0.3) is 0 Å². The fourth-order valence-corrected chi connectivity index (χ4v) is 4.18. The second kappa shape index (κ2) is 7.10. The van der Waals surface area contributed by atoms with Crippen molar-refractivity contribution in [2.45, 2.75) is 44.3 Å². The highest BCUT2D eigenvalue weighted by Gasteiger charge is 2.42. The van der Waals surface area contributed by atoms with Gasteiger partial charge in [0.15, 0.2) is 5.82 Å². The molecule has 0 bridgehead atoms. The van der Waals surface area contributed by atoms with Gasteiger partial charge in [-0.1, -0.05) is 11.2 Å². The molecule has 0 spiro atoms. The molecule has 4 atom stereocenters. The number of aryl methyl sites for hydroxylation is 1. The van der Waals surface area contributed by atoms with Gasteiger partial charge in [0.05, 0.1) is 23.4 Å². The number of fused-ring (bicyclic) bond motifs is 1. The monoisotopic (exact) mass is 369 g/mol. The van der Waals surface area contributed by atoms with Crippen LogP contribution in [0.4, 0.5) is 4.39 Å². The summed E-state index contributed by atoms with van der Waals surface area (Å²) in [6.07, 6.45) is 5.76. The molecule has 1 aliphatic heterocycles. The van der Waals surface area contributed by atoms with E-state index in [4.69, 9.17) is 9.78 Å².